The first-order valence-corrected chi connectivity index (χ1v) is 5.47. The Morgan fingerprint density at radius 3 is 2.67 bits per heavy atom. The molecular weight excluding hydrogens is 218 g/mol. The van der Waals surface area contributed by atoms with Crippen LogP contribution < -0.4 is 0 Å². The van der Waals surface area contributed by atoms with E-state index in [4.69, 9.17) is 4.74 Å². The molecule has 0 bridgehead atoms. The van der Waals surface area contributed by atoms with Gasteiger partial charge in [-0.05, 0) is 11.6 Å². The molecule has 0 N–H and O–H groups in total. The van der Waals surface area contributed by atoms with E-state index in [1.807, 2.05) is 0 Å². The van der Waals surface area contributed by atoms with Crippen LogP contribution in [0.15, 0.2) is 33.6 Å². The zero-order valence-corrected chi connectivity index (χ0v) is 8.82. The fourth-order valence-electron chi connectivity index (χ4n) is 1.13. The van der Waals surface area contributed by atoms with Gasteiger partial charge in [-0.15, -0.1) is 0 Å². The Morgan fingerprint density at radius 1 is 1.40 bits per heavy atom. The van der Waals surface area contributed by atoms with Crippen molar-refractivity contribution in [1.82, 2.24) is 0 Å². The van der Waals surface area contributed by atoms with Crippen molar-refractivity contribution in [3.63, 3.8) is 0 Å². The van der Waals surface area contributed by atoms with Crippen LogP contribution in [0.5, 0.6) is 0 Å². The zero-order valence-electron chi connectivity index (χ0n) is 8.00. The van der Waals surface area contributed by atoms with Crippen molar-refractivity contribution >= 4 is 16.1 Å². The Labute approximate surface area is 87.5 Å². The summed E-state index contributed by atoms with van der Waals surface area (Å²) in [5.41, 5.74) is 0.457. The number of isocyanates is 1. The van der Waals surface area contributed by atoms with Crippen LogP contribution in [0.2, 0.25) is 0 Å². The molecule has 0 saturated carbocycles. The van der Waals surface area contributed by atoms with Crippen molar-refractivity contribution in [3.05, 3.63) is 29.8 Å². The van der Waals surface area contributed by atoms with Crippen molar-refractivity contribution in [3.8, 4) is 0 Å². The fraction of sp³-hybridized carbons (Fsp3) is 0.222. The lowest BCUT2D eigenvalue weighted by molar-refractivity contribution is 0.182. The Balaban J connectivity index is 3.30. The standard InChI is InChI=1S/C9H9NO4S/c1-14-6-8-4-2-3-5-9(8)15(12,13)10-7-11/h2-5H,6H2,1H3. The van der Waals surface area contributed by atoms with Gasteiger partial charge in [0.05, 0.1) is 11.5 Å². The van der Waals surface area contributed by atoms with Gasteiger partial charge < -0.3 is 4.74 Å². The summed E-state index contributed by atoms with van der Waals surface area (Å²) in [5.74, 6) is 0. The van der Waals surface area contributed by atoms with Crippen molar-refractivity contribution < 1.29 is 17.9 Å². The van der Waals surface area contributed by atoms with E-state index < -0.39 is 10.0 Å². The van der Waals surface area contributed by atoms with Crippen molar-refractivity contribution in [2.75, 3.05) is 7.11 Å². The highest BCUT2D eigenvalue weighted by molar-refractivity contribution is 7.90. The SMILES string of the molecule is COCc1ccccc1S(=O)(=O)N=C=O. The number of nitrogens with zero attached hydrogens (tertiary/aromatic N) is 1. The second-order valence-corrected chi connectivity index (χ2v) is 4.27. The largest absolute Gasteiger partial charge is 0.380 e. The Kier molecular flexibility index (Phi) is 3.74. The molecule has 0 aliphatic carbocycles. The van der Waals surface area contributed by atoms with E-state index in [0.717, 1.165) is 6.08 Å². The molecule has 5 nitrogen and oxygen atoms in total. The highest BCUT2D eigenvalue weighted by Gasteiger charge is 2.16. The highest BCUT2D eigenvalue weighted by Crippen LogP contribution is 2.17. The van der Waals surface area contributed by atoms with Crippen LogP contribution in [0.4, 0.5) is 0 Å². The van der Waals surface area contributed by atoms with Crippen molar-refractivity contribution in [2.24, 2.45) is 4.40 Å². The minimum atomic E-state index is -3.94. The third kappa shape index (κ3) is 2.73. The molecule has 0 aromatic heterocycles. The molecule has 0 unspecified atom stereocenters. The second-order valence-electron chi connectivity index (χ2n) is 2.70. The van der Waals surface area contributed by atoms with E-state index in [-0.39, 0.29) is 11.5 Å². The topological polar surface area (TPSA) is 72.8 Å². The summed E-state index contributed by atoms with van der Waals surface area (Å²) in [4.78, 5) is 9.93. The maximum atomic E-state index is 11.4. The number of sulfonamides is 1. The number of rotatable bonds is 4. The first-order chi connectivity index (χ1) is 7.11. The average molecular weight is 227 g/mol. The molecule has 1 rings (SSSR count). The molecule has 0 radical (unpaired) electrons. The van der Waals surface area contributed by atoms with E-state index in [2.05, 4.69) is 4.40 Å². The molecule has 0 amide bonds. The lowest BCUT2D eigenvalue weighted by Gasteiger charge is -2.04. The van der Waals surface area contributed by atoms with Crippen LogP contribution in [0.1, 0.15) is 5.56 Å². The van der Waals surface area contributed by atoms with Gasteiger partial charge in [-0.3, -0.25) is 0 Å². The molecule has 0 heterocycles. The molecular formula is C9H9NO4S. The van der Waals surface area contributed by atoms with E-state index in [9.17, 15) is 13.2 Å². The van der Waals surface area contributed by atoms with Crippen LogP contribution in [-0.4, -0.2) is 21.6 Å². The summed E-state index contributed by atoms with van der Waals surface area (Å²) in [7, 11) is -2.49. The molecule has 80 valence electrons. The number of hydrogen-bond acceptors (Lipinski definition) is 4. The smallest absolute Gasteiger partial charge is 0.293 e. The van der Waals surface area contributed by atoms with Crippen molar-refractivity contribution in [1.29, 1.82) is 0 Å². The summed E-state index contributed by atoms with van der Waals surface area (Å²) in [5, 5.41) is 0. The van der Waals surface area contributed by atoms with Gasteiger partial charge in [0.1, 0.15) is 0 Å². The summed E-state index contributed by atoms with van der Waals surface area (Å²) < 4.78 is 30.5. The minimum absolute atomic E-state index is 0.0322. The third-order valence-electron chi connectivity index (χ3n) is 1.71. The summed E-state index contributed by atoms with van der Waals surface area (Å²) in [6.45, 7) is 0.143. The number of methoxy groups -OCH3 is 1. The Morgan fingerprint density at radius 2 is 2.07 bits per heavy atom. The van der Waals surface area contributed by atoms with Crippen LogP contribution in [0, 0.1) is 0 Å². The van der Waals surface area contributed by atoms with Gasteiger partial charge in [0, 0.05) is 7.11 Å². The molecule has 0 saturated heterocycles. The van der Waals surface area contributed by atoms with Gasteiger partial charge in [0.15, 0.2) is 0 Å². The molecule has 15 heavy (non-hydrogen) atoms. The number of ether oxygens (including phenoxy) is 1. The molecule has 0 atom stereocenters. The minimum Gasteiger partial charge on any atom is -0.380 e. The van der Waals surface area contributed by atoms with E-state index in [1.165, 1.54) is 13.2 Å². The van der Waals surface area contributed by atoms with Gasteiger partial charge in [0.2, 0.25) is 0 Å². The molecule has 0 aliphatic rings. The first kappa shape index (κ1) is 11.6. The van der Waals surface area contributed by atoms with E-state index >= 15 is 0 Å². The van der Waals surface area contributed by atoms with Gasteiger partial charge in [-0.25, -0.2) is 4.79 Å². The summed E-state index contributed by atoms with van der Waals surface area (Å²) in [6, 6.07) is 6.19. The molecule has 1 aromatic rings. The average Bonchev–Trinajstić information content (AvgIpc) is 2.19. The fourth-order valence-corrected chi connectivity index (χ4v) is 2.03. The Bertz CT molecular complexity index is 489. The predicted octanol–water partition coefficient (Wildman–Crippen LogP) is 0.858. The van der Waals surface area contributed by atoms with Gasteiger partial charge in [-0.2, -0.15) is 8.42 Å². The van der Waals surface area contributed by atoms with Gasteiger partial charge in [0.25, 0.3) is 16.1 Å². The molecule has 0 aliphatic heterocycles. The van der Waals surface area contributed by atoms with Gasteiger partial charge >= 0.3 is 0 Å². The van der Waals surface area contributed by atoms with Crippen LogP contribution in [0.3, 0.4) is 0 Å². The van der Waals surface area contributed by atoms with Crippen molar-refractivity contribution in [2.45, 2.75) is 11.5 Å². The molecule has 0 fully saturated rings. The number of carbonyl (C=O) groups excluding carboxylic acids is 1. The lowest BCUT2D eigenvalue weighted by Crippen LogP contribution is -2.02. The van der Waals surface area contributed by atoms with Crippen LogP contribution in [-0.2, 0) is 26.2 Å². The lowest BCUT2D eigenvalue weighted by atomic mass is 10.2. The maximum Gasteiger partial charge on any atom is 0.293 e. The quantitative estimate of drug-likeness (QED) is 0.564. The monoisotopic (exact) mass is 227 g/mol. The normalized spacial score (nSPS) is 10.7. The third-order valence-corrected chi connectivity index (χ3v) is 2.98. The summed E-state index contributed by atoms with van der Waals surface area (Å²) >= 11 is 0. The van der Waals surface area contributed by atoms with E-state index in [0.29, 0.717) is 5.56 Å². The second kappa shape index (κ2) is 4.84. The summed E-state index contributed by atoms with van der Waals surface area (Å²) in [6.07, 6.45) is 1.02. The van der Waals surface area contributed by atoms with Crippen LogP contribution >= 0.6 is 0 Å². The number of benzene rings is 1. The van der Waals surface area contributed by atoms with Gasteiger partial charge in [-0.1, -0.05) is 22.6 Å². The molecule has 0 spiro atoms. The molecule has 1 aromatic carbocycles. The van der Waals surface area contributed by atoms with Crippen LogP contribution in [0.25, 0.3) is 0 Å². The first-order valence-electron chi connectivity index (χ1n) is 4.03. The number of hydrogen-bond donors (Lipinski definition) is 0. The predicted molar refractivity (Wildman–Crippen MR) is 52.5 cm³/mol. The highest BCUT2D eigenvalue weighted by atomic mass is 32.2. The maximum absolute atomic E-state index is 11.4. The molecule has 6 heteroatoms. The Hall–Kier alpha value is -1.49. The zero-order chi connectivity index (χ0) is 11.3. The van der Waals surface area contributed by atoms with E-state index in [1.54, 1.807) is 18.2 Å².